The number of halogens is 3. The summed E-state index contributed by atoms with van der Waals surface area (Å²) in [5.74, 6) is -1.81. The number of carbonyl (C=O) groups is 1. The highest BCUT2D eigenvalue weighted by Crippen LogP contribution is 2.40. The van der Waals surface area contributed by atoms with Gasteiger partial charge in [-0.3, -0.25) is 9.89 Å². The summed E-state index contributed by atoms with van der Waals surface area (Å²) in [6, 6.07) is -0.392. The number of nitrogens with one attached hydrogen (secondary N) is 2. The quantitative estimate of drug-likeness (QED) is 0.897. The first kappa shape index (κ1) is 14.8. The lowest BCUT2D eigenvalue weighted by Crippen LogP contribution is -2.38. The Labute approximate surface area is 114 Å². The molecule has 0 saturated heterocycles. The van der Waals surface area contributed by atoms with Crippen LogP contribution in [0, 0.1) is 11.8 Å². The smallest absolute Gasteiger partial charge is 0.346 e. The monoisotopic (exact) mass is 290 g/mol. The van der Waals surface area contributed by atoms with Gasteiger partial charge in [-0.05, 0) is 26.2 Å². The molecule has 0 spiro atoms. The number of aromatic nitrogens is 3. The first-order valence-electron chi connectivity index (χ1n) is 6.60. The van der Waals surface area contributed by atoms with Crippen molar-refractivity contribution in [3.8, 4) is 0 Å². The fourth-order valence-electron chi connectivity index (χ4n) is 2.55. The van der Waals surface area contributed by atoms with Gasteiger partial charge in [-0.2, -0.15) is 18.3 Å². The summed E-state index contributed by atoms with van der Waals surface area (Å²) in [5.41, 5.74) is 0. The molecule has 3 atom stereocenters. The molecule has 1 aromatic rings. The fourth-order valence-corrected chi connectivity index (χ4v) is 2.55. The van der Waals surface area contributed by atoms with Crippen LogP contribution in [0.25, 0.3) is 0 Å². The Balaban J connectivity index is 1.92. The van der Waals surface area contributed by atoms with Crippen LogP contribution < -0.4 is 5.32 Å². The Kier molecular flexibility index (Phi) is 4.29. The Morgan fingerprint density at radius 3 is 2.85 bits per heavy atom. The molecule has 8 heteroatoms. The van der Waals surface area contributed by atoms with Crippen molar-refractivity contribution >= 4 is 5.91 Å². The maximum absolute atomic E-state index is 12.7. The van der Waals surface area contributed by atoms with E-state index in [1.165, 1.54) is 6.33 Å². The summed E-state index contributed by atoms with van der Waals surface area (Å²) in [6.45, 7) is 1.71. The van der Waals surface area contributed by atoms with Gasteiger partial charge in [0.05, 0.1) is 12.0 Å². The minimum Gasteiger partial charge on any atom is -0.346 e. The molecule has 1 aromatic heterocycles. The van der Waals surface area contributed by atoms with Gasteiger partial charge in [-0.1, -0.05) is 6.42 Å². The van der Waals surface area contributed by atoms with Crippen LogP contribution in [0.15, 0.2) is 6.33 Å². The van der Waals surface area contributed by atoms with Crippen molar-refractivity contribution in [2.75, 3.05) is 0 Å². The average molecular weight is 290 g/mol. The Hall–Kier alpha value is -1.60. The zero-order valence-corrected chi connectivity index (χ0v) is 11.1. The van der Waals surface area contributed by atoms with Gasteiger partial charge in [0, 0.05) is 5.92 Å². The third-order valence-corrected chi connectivity index (χ3v) is 3.71. The molecule has 112 valence electrons. The molecule has 1 aliphatic carbocycles. The van der Waals surface area contributed by atoms with E-state index in [2.05, 4.69) is 20.5 Å². The van der Waals surface area contributed by atoms with Gasteiger partial charge >= 0.3 is 6.18 Å². The number of aromatic amines is 1. The molecule has 20 heavy (non-hydrogen) atoms. The van der Waals surface area contributed by atoms with Crippen molar-refractivity contribution in [3.05, 3.63) is 12.2 Å². The van der Waals surface area contributed by atoms with Crippen molar-refractivity contribution < 1.29 is 18.0 Å². The Morgan fingerprint density at radius 2 is 2.25 bits per heavy atom. The Morgan fingerprint density at radius 1 is 1.50 bits per heavy atom. The van der Waals surface area contributed by atoms with Crippen LogP contribution in [0.3, 0.4) is 0 Å². The lowest BCUT2D eigenvalue weighted by molar-refractivity contribution is -0.186. The molecule has 5 nitrogen and oxygen atoms in total. The molecule has 3 unspecified atom stereocenters. The van der Waals surface area contributed by atoms with Gasteiger partial charge < -0.3 is 5.32 Å². The van der Waals surface area contributed by atoms with Gasteiger partial charge in [-0.25, -0.2) is 4.98 Å². The largest absolute Gasteiger partial charge is 0.391 e. The third kappa shape index (κ3) is 3.49. The molecular weight excluding hydrogens is 273 g/mol. The second-order valence-electron chi connectivity index (χ2n) is 5.20. The molecule has 1 aliphatic rings. The molecule has 1 amide bonds. The first-order valence-corrected chi connectivity index (χ1v) is 6.60. The summed E-state index contributed by atoms with van der Waals surface area (Å²) < 4.78 is 38.1. The van der Waals surface area contributed by atoms with E-state index in [9.17, 15) is 18.0 Å². The highest BCUT2D eigenvalue weighted by atomic mass is 19.4. The zero-order chi connectivity index (χ0) is 14.8. The van der Waals surface area contributed by atoms with Crippen molar-refractivity contribution in [3.63, 3.8) is 0 Å². The van der Waals surface area contributed by atoms with E-state index in [1.54, 1.807) is 6.92 Å². The standard InChI is InChI=1S/C12H17F3N4O/c1-7(10-16-6-17-19-10)18-11(20)8-3-2-4-9(5-8)12(13,14)15/h6-9H,2-5H2,1H3,(H,18,20)(H,16,17,19). The molecule has 0 aliphatic heterocycles. The molecule has 1 fully saturated rings. The second-order valence-corrected chi connectivity index (χ2v) is 5.20. The third-order valence-electron chi connectivity index (χ3n) is 3.71. The topological polar surface area (TPSA) is 70.7 Å². The van der Waals surface area contributed by atoms with Gasteiger partial charge in [0.25, 0.3) is 0 Å². The van der Waals surface area contributed by atoms with Crippen LogP contribution in [-0.2, 0) is 4.79 Å². The normalized spacial score (nSPS) is 25.2. The van der Waals surface area contributed by atoms with Crippen LogP contribution in [0.4, 0.5) is 13.2 Å². The lowest BCUT2D eigenvalue weighted by Gasteiger charge is -2.30. The minimum atomic E-state index is -4.21. The summed E-state index contributed by atoms with van der Waals surface area (Å²) in [4.78, 5) is 15.9. The number of hydrogen-bond acceptors (Lipinski definition) is 3. The molecule has 1 saturated carbocycles. The molecule has 1 heterocycles. The molecular formula is C12H17F3N4O. The van der Waals surface area contributed by atoms with Crippen LogP contribution in [0.1, 0.15) is 44.5 Å². The minimum absolute atomic E-state index is 0.116. The molecule has 0 bridgehead atoms. The van der Waals surface area contributed by atoms with E-state index < -0.39 is 24.1 Å². The maximum atomic E-state index is 12.7. The number of amides is 1. The summed E-state index contributed by atoms with van der Waals surface area (Å²) in [5, 5.41) is 8.98. The van der Waals surface area contributed by atoms with E-state index in [4.69, 9.17) is 0 Å². The second kappa shape index (κ2) is 5.80. The van der Waals surface area contributed by atoms with Crippen LogP contribution >= 0.6 is 0 Å². The van der Waals surface area contributed by atoms with E-state index in [-0.39, 0.29) is 18.7 Å². The first-order chi connectivity index (χ1) is 9.38. The summed E-state index contributed by atoms with van der Waals surface area (Å²) in [7, 11) is 0. The molecule has 2 rings (SSSR count). The summed E-state index contributed by atoms with van der Waals surface area (Å²) >= 11 is 0. The van der Waals surface area contributed by atoms with Gasteiger partial charge in [0.15, 0.2) is 0 Å². The maximum Gasteiger partial charge on any atom is 0.391 e. The van der Waals surface area contributed by atoms with Gasteiger partial charge in [-0.15, -0.1) is 0 Å². The number of carbonyl (C=O) groups excluding carboxylic acids is 1. The van der Waals surface area contributed by atoms with Crippen LogP contribution in [0.5, 0.6) is 0 Å². The zero-order valence-electron chi connectivity index (χ0n) is 11.1. The van der Waals surface area contributed by atoms with E-state index in [0.29, 0.717) is 18.7 Å². The van der Waals surface area contributed by atoms with Crippen molar-refractivity contribution in [2.45, 2.75) is 44.8 Å². The van der Waals surface area contributed by atoms with E-state index in [0.717, 1.165) is 0 Å². The van der Waals surface area contributed by atoms with E-state index in [1.807, 2.05) is 0 Å². The molecule has 0 aromatic carbocycles. The number of hydrogen-bond donors (Lipinski definition) is 2. The van der Waals surface area contributed by atoms with E-state index >= 15 is 0 Å². The van der Waals surface area contributed by atoms with Gasteiger partial charge in [0.2, 0.25) is 5.91 Å². The van der Waals surface area contributed by atoms with Crippen LogP contribution in [0.2, 0.25) is 0 Å². The average Bonchev–Trinajstić information content (AvgIpc) is 2.91. The SMILES string of the molecule is CC(NC(=O)C1CCCC(C(F)(F)F)C1)c1ncn[nH]1. The van der Waals surface area contributed by atoms with Crippen molar-refractivity contribution in [1.29, 1.82) is 0 Å². The van der Waals surface area contributed by atoms with Crippen molar-refractivity contribution in [2.24, 2.45) is 11.8 Å². The number of rotatable bonds is 3. The number of nitrogens with zero attached hydrogens (tertiary/aromatic N) is 2. The number of H-pyrrole nitrogens is 1. The van der Waals surface area contributed by atoms with Crippen LogP contribution in [-0.4, -0.2) is 27.3 Å². The fraction of sp³-hybridized carbons (Fsp3) is 0.750. The summed E-state index contributed by atoms with van der Waals surface area (Å²) in [6.07, 6.45) is -1.97. The molecule has 2 N–H and O–H groups in total. The van der Waals surface area contributed by atoms with Gasteiger partial charge in [0.1, 0.15) is 12.2 Å². The lowest BCUT2D eigenvalue weighted by atomic mass is 9.80. The van der Waals surface area contributed by atoms with Crippen molar-refractivity contribution in [1.82, 2.24) is 20.5 Å². The number of alkyl halides is 3. The predicted octanol–water partition coefficient (Wildman–Crippen LogP) is 2.35. The highest BCUT2D eigenvalue weighted by Gasteiger charge is 2.43. The molecule has 0 radical (unpaired) electrons. The highest BCUT2D eigenvalue weighted by molar-refractivity contribution is 5.79. The predicted molar refractivity (Wildman–Crippen MR) is 64.4 cm³/mol. The Bertz CT molecular complexity index is 446.